The van der Waals surface area contributed by atoms with Gasteiger partial charge in [0.15, 0.2) is 0 Å². The van der Waals surface area contributed by atoms with Crippen molar-refractivity contribution >= 4 is 5.91 Å². The first-order valence-corrected chi connectivity index (χ1v) is 4.76. The predicted molar refractivity (Wildman–Crippen MR) is 50.3 cm³/mol. The molecule has 0 radical (unpaired) electrons. The van der Waals surface area contributed by atoms with E-state index in [0.717, 1.165) is 12.8 Å². The molecule has 4 nitrogen and oxygen atoms in total. The van der Waals surface area contributed by atoms with E-state index in [0.29, 0.717) is 12.5 Å². The molecular formula is C9H18N2O2. The normalized spacial score (nSPS) is 29.2. The highest BCUT2D eigenvalue weighted by Crippen LogP contribution is 2.25. The summed E-state index contributed by atoms with van der Waals surface area (Å²) in [6.45, 7) is 2.52. The second kappa shape index (κ2) is 4.58. The molecule has 0 saturated heterocycles. The Bertz CT molecular complexity index is 178. The van der Waals surface area contributed by atoms with Crippen LogP contribution in [0.25, 0.3) is 0 Å². The fraction of sp³-hybridized carbons (Fsp3) is 0.889. The van der Waals surface area contributed by atoms with Gasteiger partial charge < -0.3 is 15.7 Å². The number of hydrogen-bond donors (Lipinski definition) is 3. The zero-order chi connectivity index (χ0) is 9.84. The third-order valence-corrected chi connectivity index (χ3v) is 2.60. The first-order chi connectivity index (χ1) is 6.13. The first kappa shape index (κ1) is 10.5. The van der Waals surface area contributed by atoms with E-state index in [2.05, 4.69) is 10.6 Å². The molecule has 1 aliphatic carbocycles. The fourth-order valence-corrected chi connectivity index (χ4v) is 1.40. The Morgan fingerprint density at radius 1 is 1.62 bits per heavy atom. The van der Waals surface area contributed by atoms with Crippen LogP contribution in [0.2, 0.25) is 0 Å². The highest BCUT2D eigenvalue weighted by molar-refractivity contribution is 5.81. The van der Waals surface area contributed by atoms with E-state index in [9.17, 15) is 4.79 Å². The van der Waals surface area contributed by atoms with E-state index < -0.39 is 0 Å². The van der Waals surface area contributed by atoms with E-state index >= 15 is 0 Å². The van der Waals surface area contributed by atoms with Crippen molar-refractivity contribution in [1.82, 2.24) is 10.6 Å². The molecule has 0 aliphatic heterocycles. The lowest BCUT2D eigenvalue weighted by Crippen LogP contribution is -2.44. The Morgan fingerprint density at radius 3 is 2.69 bits per heavy atom. The van der Waals surface area contributed by atoms with E-state index in [-0.39, 0.29) is 18.1 Å². The molecule has 3 N–H and O–H groups in total. The molecule has 1 rings (SSSR count). The van der Waals surface area contributed by atoms with Gasteiger partial charge in [0.1, 0.15) is 0 Å². The van der Waals surface area contributed by atoms with Gasteiger partial charge in [0, 0.05) is 6.54 Å². The second-order valence-corrected chi connectivity index (χ2v) is 3.75. The van der Waals surface area contributed by atoms with Crippen LogP contribution < -0.4 is 10.6 Å². The molecule has 1 aliphatic rings. The van der Waals surface area contributed by atoms with Crippen LogP contribution in [0.1, 0.15) is 19.8 Å². The molecule has 0 aromatic carbocycles. The fourth-order valence-electron chi connectivity index (χ4n) is 1.40. The predicted octanol–water partition coefficient (Wildman–Crippen LogP) is -0.519. The Hall–Kier alpha value is -0.610. The number of nitrogens with one attached hydrogen (secondary N) is 2. The zero-order valence-electron chi connectivity index (χ0n) is 8.21. The molecule has 0 spiro atoms. The van der Waals surface area contributed by atoms with Gasteiger partial charge in [-0.2, -0.15) is 0 Å². The maximum atomic E-state index is 11.3. The summed E-state index contributed by atoms with van der Waals surface area (Å²) in [6.07, 6.45) is 1.52. The molecule has 4 heteroatoms. The summed E-state index contributed by atoms with van der Waals surface area (Å²) in [7, 11) is 1.76. The largest absolute Gasteiger partial charge is 0.393 e. The standard InChI is InChI=1S/C9H18N2O2/c1-6(10-2)9(13)11-5-7-3-8(12)4-7/h6-8,10,12H,3-5H2,1-2H3,(H,11,13). The summed E-state index contributed by atoms with van der Waals surface area (Å²) in [5.41, 5.74) is 0. The number of likely N-dealkylation sites (N-methyl/N-ethyl adjacent to an activating group) is 1. The Labute approximate surface area is 78.7 Å². The summed E-state index contributed by atoms with van der Waals surface area (Å²) < 4.78 is 0. The molecule has 1 saturated carbocycles. The van der Waals surface area contributed by atoms with Crippen LogP contribution in [0.3, 0.4) is 0 Å². The van der Waals surface area contributed by atoms with Crippen molar-refractivity contribution in [3.05, 3.63) is 0 Å². The zero-order valence-corrected chi connectivity index (χ0v) is 8.21. The highest BCUT2D eigenvalue weighted by Gasteiger charge is 2.27. The molecule has 1 unspecified atom stereocenters. The maximum absolute atomic E-state index is 11.3. The van der Waals surface area contributed by atoms with Crippen LogP contribution >= 0.6 is 0 Å². The molecule has 1 atom stereocenters. The maximum Gasteiger partial charge on any atom is 0.236 e. The molecule has 0 heterocycles. The SMILES string of the molecule is CNC(C)C(=O)NCC1CC(O)C1. The van der Waals surface area contributed by atoms with E-state index in [1.807, 2.05) is 6.92 Å². The van der Waals surface area contributed by atoms with Gasteiger partial charge in [-0.05, 0) is 32.7 Å². The van der Waals surface area contributed by atoms with Crippen molar-refractivity contribution in [2.75, 3.05) is 13.6 Å². The molecule has 13 heavy (non-hydrogen) atoms. The lowest BCUT2D eigenvalue weighted by Gasteiger charge is -2.31. The van der Waals surface area contributed by atoms with Gasteiger partial charge in [-0.1, -0.05) is 0 Å². The van der Waals surface area contributed by atoms with Crippen LogP contribution in [-0.4, -0.2) is 36.8 Å². The third kappa shape index (κ3) is 2.97. The summed E-state index contributed by atoms with van der Waals surface area (Å²) in [5.74, 6) is 0.506. The minimum Gasteiger partial charge on any atom is -0.393 e. The minimum absolute atomic E-state index is 0.0314. The lowest BCUT2D eigenvalue weighted by atomic mass is 9.82. The molecule has 1 fully saturated rings. The second-order valence-electron chi connectivity index (χ2n) is 3.75. The molecule has 0 bridgehead atoms. The molecule has 1 amide bonds. The number of carbonyl (C=O) groups is 1. The summed E-state index contributed by atoms with van der Waals surface area (Å²) in [5, 5.41) is 14.7. The van der Waals surface area contributed by atoms with Crippen molar-refractivity contribution < 1.29 is 9.90 Å². The molecular weight excluding hydrogens is 168 g/mol. The third-order valence-electron chi connectivity index (χ3n) is 2.60. The summed E-state index contributed by atoms with van der Waals surface area (Å²) in [4.78, 5) is 11.3. The van der Waals surface area contributed by atoms with Crippen LogP contribution in [0.5, 0.6) is 0 Å². The number of amides is 1. The van der Waals surface area contributed by atoms with E-state index in [1.165, 1.54) is 0 Å². The van der Waals surface area contributed by atoms with Crippen molar-refractivity contribution in [3.63, 3.8) is 0 Å². The van der Waals surface area contributed by atoms with Crippen molar-refractivity contribution in [2.45, 2.75) is 31.9 Å². The van der Waals surface area contributed by atoms with Gasteiger partial charge >= 0.3 is 0 Å². The average Bonchev–Trinajstić information content (AvgIpc) is 2.08. The number of carbonyl (C=O) groups excluding carboxylic acids is 1. The quantitative estimate of drug-likeness (QED) is 0.554. The van der Waals surface area contributed by atoms with Gasteiger partial charge in [0.2, 0.25) is 5.91 Å². The molecule has 76 valence electrons. The van der Waals surface area contributed by atoms with E-state index in [4.69, 9.17) is 5.11 Å². The summed E-state index contributed by atoms with van der Waals surface area (Å²) in [6, 6.07) is -0.134. The van der Waals surface area contributed by atoms with Crippen LogP contribution in [0, 0.1) is 5.92 Å². The lowest BCUT2D eigenvalue weighted by molar-refractivity contribution is -0.123. The Morgan fingerprint density at radius 2 is 2.23 bits per heavy atom. The van der Waals surface area contributed by atoms with E-state index in [1.54, 1.807) is 7.05 Å². The number of aliphatic hydroxyl groups is 1. The topological polar surface area (TPSA) is 61.4 Å². The molecule has 0 aromatic rings. The van der Waals surface area contributed by atoms with Crippen molar-refractivity contribution in [3.8, 4) is 0 Å². The van der Waals surface area contributed by atoms with Gasteiger partial charge in [-0.25, -0.2) is 0 Å². The number of aliphatic hydroxyl groups excluding tert-OH is 1. The van der Waals surface area contributed by atoms with Gasteiger partial charge in [-0.15, -0.1) is 0 Å². The smallest absolute Gasteiger partial charge is 0.236 e. The van der Waals surface area contributed by atoms with Gasteiger partial charge in [-0.3, -0.25) is 4.79 Å². The van der Waals surface area contributed by atoms with Crippen molar-refractivity contribution in [2.24, 2.45) is 5.92 Å². The minimum atomic E-state index is -0.136. The van der Waals surface area contributed by atoms with Crippen LogP contribution in [0.4, 0.5) is 0 Å². The number of hydrogen-bond acceptors (Lipinski definition) is 3. The van der Waals surface area contributed by atoms with Crippen LogP contribution in [-0.2, 0) is 4.79 Å². The van der Waals surface area contributed by atoms with Crippen molar-refractivity contribution in [1.29, 1.82) is 0 Å². The Balaban J connectivity index is 2.09. The monoisotopic (exact) mass is 186 g/mol. The van der Waals surface area contributed by atoms with Gasteiger partial charge in [0.05, 0.1) is 12.1 Å². The Kier molecular flexibility index (Phi) is 3.69. The average molecular weight is 186 g/mol. The number of rotatable bonds is 4. The first-order valence-electron chi connectivity index (χ1n) is 4.76. The summed E-state index contributed by atoms with van der Waals surface area (Å²) >= 11 is 0. The highest BCUT2D eigenvalue weighted by atomic mass is 16.3. The van der Waals surface area contributed by atoms with Crippen LogP contribution in [0.15, 0.2) is 0 Å². The van der Waals surface area contributed by atoms with Gasteiger partial charge in [0.25, 0.3) is 0 Å². The molecule has 0 aromatic heterocycles.